The Morgan fingerprint density at radius 2 is 2.03 bits per heavy atom. The van der Waals surface area contributed by atoms with E-state index in [-0.39, 0.29) is 18.6 Å². The van der Waals surface area contributed by atoms with Gasteiger partial charge >= 0.3 is 0 Å². The number of fused-ring (bicyclic) bond motifs is 5. The highest BCUT2D eigenvalue weighted by Gasteiger charge is 2.44. The molecule has 4 N–H and O–H groups in total. The van der Waals surface area contributed by atoms with E-state index in [1.807, 2.05) is 19.1 Å². The molecule has 0 fully saturated rings. The van der Waals surface area contributed by atoms with E-state index in [9.17, 15) is 15.0 Å². The first-order chi connectivity index (χ1) is 14.8. The molecule has 7 heteroatoms. The Balaban J connectivity index is 1.68. The molecule has 2 aromatic heterocycles. The fourth-order valence-electron chi connectivity index (χ4n) is 5.67. The summed E-state index contributed by atoms with van der Waals surface area (Å²) in [7, 11) is 0. The van der Waals surface area contributed by atoms with Crippen molar-refractivity contribution in [2.75, 3.05) is 5.73 Å². The van der Waals surface area contributed by atoms with Gasteiger partial charge < -0.3 is 25.3 Å². The Hall–Kier alpha value is -2.74. The molecule has 0 radical (unpaired) electrons. The lowest BCUT2D eigenvalue weighted by molar-refractivity contribution is -0.236. The predicted octanol–water partition coefficient (Wildman–Crippen LogP) is 2.25. The lowest BCUT2D eigenvalue weighted by Gasteiger charge is -2.37. The van der Waals surface area contributed by atoms with Crippen LogP contribution in [-0.4, -0.2) is 26.1 Å². The number of rotatable bonds is 1. The minimum Gasteiger partial charge on any atom is -0.398 e. The van der Waals surface area contributed by atoms with E-state index < -0.39 is 11.9 Å². The molecular formula is C24H25N3O4. The minimum atomic E-state index is -1.62. The number of aryl methyl sites for hydroxylation is 3. The topological polar surface area (TPSA) is 111 Å². The van der Waals surface area contributed by atoms with Gasteiger partial charge in [0.2, 0.25) is 0 Å². The molecule has 6 rings (SSSR count). The van der Waals surface area contributed by atoms with Gasteiger partial charge in [0.25, 0.3) is 5.56 Å². The Bertz CT molecular complexity index is 1360. The van der Waals surface area contributed by atoms with Crippen molar-refractivity contribution in [3.8, 4) is 11.4 Å². The average molecular weight is 419 g/mol. The number of nitrogens with zero attached hydrogens (tertiary/aromatic N) is 2. The van der Waals surface area contributed by atoms with Crippen molar-refractivity contribution in [3.05, 3.63) is 55.9 Å². The average Bonchev–Trinajstić information content (AvgIpc) is 3.14. The van der Waals surface area contributed by atoms with Crippen LogP contribution in [0.15, 0.2) is 16.9 Å². The highest BCUT2D eigenvalue weighted by atomic mass is 16.6. The standard InChI is InChI=1S/C24H25N3O4/c1-3-24(30)16-8-18-21-14(9-27(18)22(28)15(16)10-31-23(24)29)12-5-4-6-13-19(12)17(26-21)7-11(2)20(13)25/h7-8,23,29-30H,3-6,9-10,25H2,1-2H3/t23?,24-/m0/s1. The predicted molar refractivity (Wildman–Crippen MR) is 117 cm³/mol. The van der Waals surface area contributed by atoms with Gasteiger partial charge in [-0.2, -0.15) is 0 Å². The molecule has 4 heterocycles. The van der Waals surface area contributed by atoms with Crippen molar-refractivity contribution in [2.24, 2.45) is 0 Å². The normalized spacial score (nSPS) is 23.5. The van der Waals surface area contributed by atoms with Crippen LogP contribution >= 0.6 is 0 Å². The summed E-state index contributed by atoms with van der Waals surface area (Å²) >= 11 is 0. The van der Waals surface area contributed by atoms with E-state index in [1.54, 1.807) is 11.5 Å². The second kappa shape index (κ2) is 6.16. The quantitative estimate of drug-likeness (QED) is 0.408. The van der Waals surface area contributed by atoms with Gasteiger partial charge in [0.05, 0.1) is 30.1 Å². The number of aliphatic hydroxyl groups is 2. The molecule has 0 saturated heterocycles. The maximum absolute atomic E-state index is 13.4. The van der Waals surface area contributed by atoms with Crippen LogP contribution in [0.3, 0.4) is 0 Å². The molecule has 0 spiro atoms. The summed E-state index contributed by atoms with van der Waals surface area (Å²) in [5, 5.41) is 22.6. The van der Waals surface area contributed by atoms with Gasteiger partial charge in [-0.3, -0.25) is 4.79 Å². The lowest BCUT2D eigenvalue weighted by atomic mass is 9.84. The second-order valence-corrected chi connectivity index (χ2v) is 9.01. The van der Waals surface area contributed by atoms with Crippen molar-refractivity contribution in [2.45, 2.75) is 64.6 Å². The maximum atomic E-state index is 13.4. The number of anilines is 1. The van der Waals surface area contributed by atoms with Crippen molar-refractivity contribution >= 4 is 16.6 Å². The molecule has 7 nitrogen and oxygen atoms in total. The Kier molecular flexibility index (Phi) is 3.77. The fourth-order valence-corrected chi connectivity index (χ4v) is 5.67. The van der Waals surface area contributed by atoms with Gasteiger partial charge in [-0.15, -0.1) is 0 Å². The molecule has 1 unspecified atom stereocenters. The molecule has 3 aromatic rings. The minimum absolute atomic E-state index is 0.0175. The molecule has 1 aliphatic carbocycles. The molecule has 160 valence electrons. The first-order valence-corrected chi connectivity index (χ1v) is 10.9. The Labute approximate surface area is 179 Å². The van der Waals surface area contributed by atoms with Crippen molar-refractivity contribution in [1.29, 1.82) is 0 Å². The van der Waals surface area contributed by atoms with Crippen LogP contribution < -0.4 is 11.3 Å². The van der Waals surface area contributed by atoms with Gasteiger partial charge in [-0.05, 0) is 61.4 Å². The van der Waals surface area contributed by atoms with E-state index >= 15 is 0 Å². The summed E-state index contributed by atoms with van der Waals surface area (Å²) in [6.07, 6.45) is 1.75. The summed E-state index contributed by atoms with van der Waals surface area (Å²) in [5.41, 5.74) is 13.2. The molecule has 31 heavy (non-hydrogen) atoms. The maximum Gasteiger partial charge on any atom is 0.257 e. The Morgan fingerprint density at radius 3 is 2.81 bits per heavy atom. The summed E-state index contributed by atoms with van der Waals surface area (Å²) in [5.74, 6) is 0. The SMILES string of the molecule is CC[C@]1(O)c2cc3n(c(=O)c2COC1O)Cc1c-3nc2cc(C)c(N)c3c2c1CCC3. The highest BCUT2D eigenvalue weighted by molar-refractivity contribution is 5.95. The first-order valence-electron chi connectivity index (χ1n) is 10.9. The van der Waals surface area contributed by atoms with Gasteiger partial charge in [0.1, 0.15) is 5.60 Å². The summed E-state index contributed by atoms with van der Waals surface area (Å²) in [6, 6.07) is 3.86. The van der Waals surface area contributed by atoms with E-state index in [0.29, 0.717) is 23.4 Å². The number of ether oxygens (including phenoxy) is 1. The molecule has 1 aromatic carbocycles. The molecular weight excluding hydrogens is 394 g/mol. The largest absolute Gasteiger partial charge is 0.398 e. The third kappa shape index (κ3) is 2.28. The van der Waals surface area contributed by atoms with Crippen molar-refractivity contribution < 1.29 is 14.9 Å². The molecule has 2 atom stereocenters. The van der Waals surface area contributed by atoms with E-state index in [1.165, 1.54) is 11.1 Å². The van der Waals surface area contributed by atoms with E-state index in [0.717, 1.165) is 52.7 Å². The van der Waals surface area contributed by atoms with Crippen LogP contribution in [0.25, 0.3) is 22.3 Å². The number of hydrogen-bond acceptors (Lipinski definition) is 6. The Morgan fingerprint density at radius 1 is 1.26 bits per heavy atom. The summed E-state index contributed by atoms with van der Waals surface area (Å²) in [4.78, 5) is 18.4. The van der Waals surface area contributed by atoms with Crippen LogP contribution in [0.5, 0.6) is 0 Å². The summed E-state index contributed by atoms with van der Waals surface area (Å²) in [6.45, 7) is 4.21. The third-order valence-electron chi connectivity index (χ3n) is 7.46. The zero-order valence-corrected chi connectivity index (χ0v) is 17.7. The molecule has 0 saturated carbocycles. The lowest BCUT2D eigenvalue weighted by Crippen LogP contribution is -2.47. The zero-order valence-electron chi connectivity index (χ0n) is 17.7. The number of pyridine rings is 2. The van der Waals surface area contributed by atoms with Crippen LogP contribution in [-0.2, 0) is 36.3 Å². The number of nitrogens with two attached hydrogens (primary N) is 1. The monoisotopic (exact) mass is 419 g/mol. The number of nitrogen functional groups attached to an aromatic ring is 1. The van der Waals surface area contributed by atoms with E-state index in [2.05, 4.69) is 0 Å². The van der Waals surface area contributed by atoms with Crippen LogP contribution in [0, 0.1) is 6.92 Å². The van der Waals surface area contributed by atoms with Gasteiger partial charge in [-0.1, -0.05) is 6.92 Å². The van der Waals surface area contributed by atoms with Crippen molar-refractivity contribution in [1.82, 2.24) is 9.55 Å². The molecule has 0 bridgehead atoms. The molecule has 3 aliphatic rings. The van der Waals surface area contributed by atoms with E-state index in [4.69, 9.17) is 15.5 Å². The zero-order chi connectivity index (χ0) is 21.7. The molecule has 2 aliphatic heterocycles. The van der Waals surface area contributed by atoms with Gasteiger partial charge in [0.15, 0.2) is 6.29 Å². The number of benzene rings is 1. The number of hydrogen-bond donors (Lipinski definition) is 3. The van der Waals surface area contributed by atoms with Gasteiger partial charge in [0, 0.05) is 27.8 Å². The van der Waals surface area contributed by atoms with Crippen LogP contribution in [0.1, 0.15) is 53.1 Å². The fraction of sp³-hybridized carbons (Fsp3) is 0.417. The molecule has 0 amide bonds. The smallest absolute Gasteiger partial charge is 0.257 e. The highest BCUT2D eigenvalue weighted by Crippen LogP contribution is 2.44. The van der Waals surface area contributed by atoms with Crippen LogP contribution in [0.2, 0.25) is 0 Å². The van der Waals surface area contributed by atoms with Gasteiger partial charge in [-0.25, -0.2) is 4.98 Å². The number of aromatic nitrogens is 2. The third-order valence-corrected chi connectivity index (χ3v) is 7.46. The number of aliphatic hydroxyl groups excluding tert-OH is 1. The van der Waals surface area contributed by atoms with Crippen LogP contribution in [0.4, 0.5) is 5.69 Å². The van der Waals surface area contributed by atoms with Crippen molar-refractivity contribution in [3.63, 3.8) is 0 Å². The first kappa shape index (κ1) is 19.0. The summed E-state index contributed by atoms with van der Waals surface area (Å²) < 4.78 is 7.08. The second-order valence-electron chi connectivity index (χ2n) is 9.01.